The molecule has 1 amide bonds. The number of ether oxygens (including phenoxy) is 1. The van der Waals surface area contributed by atoms with E-state index < -0.39 is 0 Å². The third kappa shape index (κ3) is 4.70. The number of hydrogen-bond donors (Lipinski definition) is 2. The Morgan fingerprint density at radius 3 is 2.96 bits per heavy atom. The number of nitrogens with zero attached hydrogens (tertiary/aromatic N) is 1. The molecule has 0 aliphatic carbocycles. The summed E-state index contributed by atoms with van der Waals surface area (Å²) in [7, 11) is 0. The molecule has 7 heteroatoms. The first kappa shape index (κ1) is 17.7. The maximum absolute atomic E-state index is 12.1. The molecule has 0 saturated heterocycles. The van der Waals surface area contributed by atoms with Gasteiger partial charge in [-0.3, -0.25) is 4.79 Å². The number of aromatic amines is 1. The largest absolute Gasteiger partial charge is 0.494 e. The van der Waals surface area contributed by atoms with Crippen molar-refractivity contribution in [1.29, 1.82) is 0 Å². The highest BCUT2D eigenvalue weighted by Crippen LogP contribution is 2.24. The molecule has 3 rings (SSSR count). The van der Waals surface area contributed by atoms with Crippen molar-refractivity contribution in [2.45, 2.75) is 17.0 Å². The second kappa shape index (κ2) is 8.31. The number of rotatable bonds is 7. The average Bonchev–Trinajstić information content (AvgIpc) is 3.02. The summed E-state index contributed by atoms with van der Waals surface area (Å²) >= 11 is 3.02. The van der Waals surface area contributed by atoms with Crippen LogP contribution in [0.3, 0.4) is 0 Å². The van der Waals surface area contributed by atoms with Crippen molar-refractivity contribution in [3.05, 3.63) is 42.5 Å². The van der Waals surface area contributed by atoms with Gasteiger partial charge in [-0.1, -0.05) is 17.8 Å². The highest BCUT2D eigenvalue weighted by Gasteiger charge is 2.08. The van der Waals surface area contributed by atoms with Crippen LogP contribution in [0.15, 0.2) is 52.5 Å². The zero-order valence-corrected chi connectivity index (χ0v) is 15.7. The first-order chi connectivity index (χ1) is 12.2. The van der Waals surface area contributed by atoms with E-state index in [-0.39, 0.29) is 5.91 Å². The number of carbonyl (C=O) groups excluding carboxylic acids is 1. The van der Waals surface area contributed by atoms with Crippen LogP contribution in [0.1, 0.15) is 6.92 Å². The summed E-state index contributed by atoms with van der Waals surface area (Å²) in [5.41, 5.74) is 2.57. The molecular weight excluding hydrogens is 354 g/mol. The molecule has 0 unspecified atom stereocenters. The molecule has 0 radical (unpaired) electrons. The first-order valence-electron chi connectivity index (χ1n) is 7.87. The molecule has 0 atom stereocenters. The van der Waals surface area contributed by atoms with E-state index in [0.717, 1.165) is 32.5 Å². The van der Waals surface area contributed by atoms with E-state index >= 15 is 0 Å². The fourth-order valence-corrected chi connectivity index (χ4v) is 3.47. The van der Waals surface area contributed by atoms with Gasteiger partial charge in [0.2, 0.25) is 5.91 Å². The lowest BCUT2D eigenvalue weighted by Crippen LogP contribution is -2.14. The van der Waals surface area contributed by atoms with Gasteiger partial charge in [-0.25, -0.2) is 4.98 Å². The number of carbonyl (C=O) groups is 1. The smallest absolute Gasteiger partial charge is 0.234 e. The number of amides is 1. The van der Waals surface area contributed by atoms with Crippen molar-refractivity contribution in [2.75, 3.05) is 23.9 Å². The SMILES string of the molecule is CCOc1ccc2nc(SCC(=O)Nc3cccc(SC)c3)[nH]c2c1. The van der Waals surface area contributed by atoms with Crippen LogP contribution in [0.25, 0.3) is 11.0 Å². The zero-order valence-electron chi connectivity index (χ0n) is 14.0. The number of thioether (sulfide) groups is 2. The van der Waals surface area contributed by atoms with E-state index in [9.17, 15) is 4.79 Å². The highest BCUT2D eigenvalue weighted by atomic mass is 32.2. The summed E-state index contributed by atoms with van der Waals surface area (Å²) in [6, 6.07) is 13.5. The van der Waals surface area contributed by atoms with Crippen molar-refractivity contribution in [2.24, 2.45) is 0 Å². The molecule has 3 aromatic rings. The monoisotopic (exact) mass is 373 g/mol. The molecule has 0 spiro atoms. The number of aromatic nitrogens is 2. The molecule has 0 aliphatic rings. The van der Waals surface area contributed by atoms with Crippen molar-refractivity contribution in [1.82, 2.24) is 9.97 Å². The van der Waals surface area contributed by atoms with Crippen LogP contribution in [0.5, 0.6) is 5.75 Å². The third-order valence-corrected chi connectivity index (χ3v) is 5.03. The maximum atomic E-state index is 12.1. The van der Waals surface area contributed by atoms with Gasteiger partial charge in [-0.15, -0.1) is 11.8 Å². The number of fused-ring (bicyclic) bond motifs is 1. The van der Waals surface area contributed by atoms with Crippen LogP contribution < -0.4 is 10.1 Å². The van der Waals surface area contributed by atoms with E-state index in [0.29, 0.717) is 12.4 Å². The van der Waals surface area contributed by atoms with Gasteiger partial charge in [0.1, 0.15) is 5.75 Å². The standard InChI is InChI=1S/C18H19N3O2S2/c1-3-23-13-7-8-15-16(10-13)21-18(20-15)25-11-17(22)19-12-5-4-6-14(9-12)24-2/h4-10H,3,11H2,1-2H3,(H,19,22)(H,20,21). The summed E-state index contributed by atoms with van der Waals surface area (Å²) in [6.45, 7) is 2.57. The molecule has 2 aromatic carbocycles. The number of nitrogens with one attached hydrogen (secondary N) is 2. The van der Waals surface area contributed by atoms with Gasteiger partial charge in [-0.05, 0) is 43.5 Å². The predicted molar refractivity (Wildman–Crippen MR) is 105 cm³/mol. The number of imidazole rings is 1. The normalized spacial score (nSPS) is 10.8. The molecule has 25 heavy (non-hydrogen) atoms. The Balaban J connectivity index is 1.60. The second-order valence-corrected chi connectivity index (χ2v) is 7.07. The topological polar surface area (TPSA) is 67.0 Å². The van der Waals surface area contributed by atoms with Crippen molar-refractivity contribution >= 4 is 46.2 Å². The lowest BCUT2D eigenvalue weighted by molar-refractivity contribution is -0.113. The molecule has 1 aromatic heterocycles. The minimum atomic E-state index is -0.0567. The van der Waals surface area contributed by atoms with Crippen molar-refractivity contribution in [3.63, 3.8) is 0 Å². The zero-order chi connectivity index (χ0) is 17.6. The lowest BCUT2D eigenvalue weighted by atomic mass is 10.3. The Labute approximate surface area is 154 Å². The number of H-pyrrole nitrogens is 1. The Bertz CT molecular complexity index is 880. The van der Waals surface area contributed by atoms with Crippen LogP contribution in [-0.2, 0) is 4.79 Å². The summed E-state index contributed by atoms with van der Waals surface area (Å²) < 4.78 is 5.49. The summed E-state index contributed by atoms with van der Waals surface area (Å²) in [5.74, 6) is 1.04. The van der Waals surface area contributed by atoms with Gasteiger partial charge in [-0.2, -0.15) is 0 Å². The minimum Gasteiger partial charge on any atom is -0.494 e. The van der Waals surface area contributed by atoms with Crippen LogP contribution >= 0.6 is 23.5 Å². The van der Waals surface area contributed by atoms with Gasteiger partial charge in [0.15, 0.2) is 5.16 Å². The molecule has 0 bridgehead atoms. The van der Waals surface area contributed by atoms with Crippen LogP contribution in [0.4, 0.5) is 5.69 Å². The molecule has 0 aliphatic heterocycles. The Hall–Kier alpha value is -2.12. The summed E-state index contributed by atoms with van der Waals surface area (Å²) in [4.78, 5) is 21.0. The summed E-state index contributed by atoms with van der Waals surface area (Å²) in [5, 5.41) is 3.63. The molecule has 5 nitrogen and oxygen atoms in total. The van der Waals surface area contributed by atoms with Crippen molar-refractivity contribution in [3.8, 4) is 5.75 Å². The number of benzene rings is 2. The molecule has 0 saturated carbocycles. The average molecular weight is 374 g/mol. The molecule has 1 heterocycles. The third-order valence-electron chi connectivity index (χ3n) is 3.44. The van der Waals surface area contributed by atoms with Crippen LogP contribution in [0, 0.1) is 0 Å². The van der Waals surface area contributed by atoms with E-state index in [1.165, 1.54) is 11.8 Å². The van der Waals surface area contributed by atoms with E-state index in [4.69, 9.17) is 4.74 Å². The van der Waals surface area contributed by atoms with Gasteiger partial charge in [0.05, 0.1) is 23.4 Å². The Morgan fingerprint density at radius 2 is 2.16 bits per heavy atom. The fraction of sp³-hybridized carbons (Fsp3) is 0.222. The first-order valence-corrected chi connectivity index (χ1v) is 10.1. The van der Waals surface area contributed by atoms with Crippen LogP contribution in [-0.4, -0.2) is 34.5 Å². The van der Waals surface area contributed by atoms with Gasteiger partial charge in [0, 0.05) is 16.6 Å². The predicted octanol–water partition coefficient (Wildman–Crippen LogP) is 4.41. The van der Waals surface area contributed by atoms with Gasteiger partial charge >= 0.3 is 0 Å². The Kier molecular flexibility index (Phi) is 5.88. The van der Waals surface area contributed by atoms with Gasteiger partial charge in [0.25, 0.3) is 0 Å². The lowest BCUT2D eigenvalue weighted by Gasteiger charge is -2.05. The molecule has 2 N–H and O–H groups in total. The number of hydrogen-bond acceptors (Lipinski definition) is 5. The van der Waals surface area contributed by atoms with E-state index in [1.807, 2.05) is 55.6 Å². The molecule has 130 valence electrons. The van der Waals surface area contributed by atoms with E-state index in [1.54, 1.807) is 11.8 Å². The summed E-state index contributed by atoms with van der Waals surface area (Å²) in [6.07, 6.45) is 2.01. The Morgan fingerprint density at radius 1 is 1.28 bits per heavy atom. The van der Waals surface area contributed by atoms with Crippen molar-refractivity contribution < 1.29 is 9.53 Å². The quantitative estimate of drug-likeness (QED) is 0.600. The maximum Gasteiger partial charge on any atom is 0.234 e. The molecular formula is C18H19N3O2S2. The fourth-order valence-electron chi connectivity index (χ4n) is 2.32. The van der Waals surface area contributed by atoms with Crippen LogP contribution in [0.2, 0.25) is 0 Å². The molecule has 0 fully saturated rings. The van der Waals surface area contributed by atoms with Gasteiger partial charge < -0.3 is 15.0 Å². The second-order valence-electron chi connectivity index (χ2n) is 5.22. The number of anilines is 1. The highest BCUT2D eigenvalue weighted by molar-refractivity contribution is 7.99. The minimum absolute atomic E-state index is 0.0567. The van der Waals surface area contributed by atoms with E-state index in [2.05, 4.69) is 15.3 Å².